The van der Waals surface area contributed by atoms with Gasteiger partial charge in [0.1, 0.15) is 4.88 Å². The SMILES string of the molecule is Nc1cccc(CNC(=O)c2sccc2Br)c1. The lowest BCUT2D eigenvalue weighted by Gasteiger charge is -2.05. The molecule has 3 nitrogen and oxygen atoms in total. The number of nitrogens with two attached hydrogens (primary N) is 1. The third-order valence-electron chi connectivity index (χ3n) is 2.23. The average Bonchev–Trinajstić information content (AvgIpc) is 2.72. The van der Waals surface area contributed by atoms with Gasteiger partial charge in [-0.05, 0) is 45.1 Å². The highest BCUT2D eigenvalue weighted by molar-refractivity contribution is 9.10. The summed E-state index contributed by atoms with van der Waals surface area (Å²) in [6, 6.07) is 9.34. The second kappa shape index (κ2) is 5.33. The number of carbonyl (C=O) groups excluding carboxylic acids is 1. The van der Waals surface area contributed by atoms with Gasteiger partial charge in [0.2, 0.25) is 0 Å². The normalized spacial score (nSPS) is 10.2. The molecule has 1 amide bonds. The minimum Gasteiger partial charge on any atom is -0.399 e. The van der Waals surface area contributed by atoms with E-state index in [1.54, 1.807) is 0 Å². The first kappa shape index (κ1) is 12.1. The molecule has 0 unspecified atom stereocenters. The van der Waals surface area contributed by atoms with Crippen molar-refractivity contribution in [3.63, 3.8) is 0 Å². The van der Waals surface area contributed by atoms with Crippen molar-refractivity contribution >= 4 is 38.9 Å². The van der Waals surface area contributed by atoms with Crippen molar-refractivity contribution in [2.75, 3.05) is 5.73 Å². The lowest BCUT2D eigenvalue weighted by molar-refractivity contribution is 0.0954. The van der Waals surface area contributed by atoms with Gasteiger partial charge < -0.3 is 11.1 Å². The van der Waals surface area contributed by atoms with E-state index >= 15 is 0 Å². The summed E-state index contributed by atoms with van der Waals surface area (Å²) in [4.78, 5) is 12.5. The van der Waals surface area contributed by atoms with Gasteiger partial charge in [-0.3, -0.25) is 4.79 Å². The van der Waals surface area contributed by atoms with E-state index in [4.69, 9.17) is 5.73 Å². The number of halogens is 1. The summed E-state index contributed by atoms with van der Waals surface area (Å²) in [5.41, 5.74) is 7.36. The van der Waals surface area contributed by atoms with E-state index in [9.17, 15) is 4.79 Å². The zero-order chi connectivity index (χ0) is 12.3. The summed E-state index contributed by atoms with van der Waals surface area (Å²) in [5.74, 6) is -0.0747. The van der Waals surface area contributed by atoms with Gasteiger partial charge in [0.25, 0.3) is 5.91 Å². The highest BCUT2D eigenvalue weighted by Gasteiger charge is 2.10. The van der Waals surface area contributed by atoms with Crippen LogP contribution in [0.2, 0.25) is 0 Å². The Balaban J connectivity index is 1.99. The number of nitrogen functional groups attached to an aromatic ring is 1. The summed E-state index contributed by atoms with van der Waals surface area (Å²) in [6.45, 7) is 0.480. The third kappa shape index (κ3) is 3.08. The first-order valence-electron chi connectivity index (χ1n) is 5.02. The van der Waals surface area contributed by atoms with Crippen molar-refractivity contribution in [2.45, 2.75) is 6.54 Å². The van der Waals surface area contributed by atoms with Gasteiger partial charge in [0.15, 0.2) is 0 Å². The number of hydrogen-bond donors (Lipinski definition) is 2. The Morgan fingerprint density at radius 3 is 2.88 bits per heavy atom. The smallest absolute Gasteiger partial charge is 0.262 e. The molecule has 0 aliphatic heterocycles. The lowest BCUT2D eigenvalue weighted by atomic mass is 10.2. The van der Waals surface area contributed by atoms with E-state index in [0.29, 0.717) is 17.1 Å². The molecule has 1 aromatic carbocycles. The Labute approximate surface area is 112 Å². The van der Waals surface area contributed by atoms with E-state index in [0.717, 1.165) is 10.0 Å². The second-order valence-corrected chi connectivity index (χ2v) is 5.30. The van der Waals surface area contributed by atoms with E-state index in [1.165, 1.54) is 11.3 Å². The highest BCUT2D eigenvalue weighted by atomic mass is 79.9. The highest BCUT2D eigenvalue weighted by Crippen LogP contribution is 2.22. The monoisotopic (exact) mass is 310 g/mol. The van der Waals surface area contributed by atoms with Gasteiger partial charge in [-0.15, -0.1) is 11.3 Å². The van der Waals surface area contributed by atoms with Gasteiger partial charge >= 0.3 is 0 Å². The van der Waals surface area contributed by atoms with E-state index in [-0.39, 0.29) is 5.91 Å². The van der Waals surface area contributed by atoms with E-state index in [1.807, 2.05) is 35.7 Å². The number of hydrogen-bond acceptors (Lipinski definition) is 3. The maximum atomic E-state index is 11.8. The van der Waals surface area contributed by atoms with Gasteiger partial charge in [0.05, 0.1) is 0 Å². The van der Waals surface area contributed by atoms with Crippen LogP contribution in [-0.4, -0.2) is 5.91 Å². The second-order valence-electron chi connectivity index (χ2n) is 3.53. The molecule has 0 saturated heterocycles. The molecular formula is C12H11BrN2OS. The minimum atomic E-state index is -0.0747. The Kier molecular flexibility index (Phi) is 3.81. The molecule has 0 radical (unpaired) electrons. The van der Waals surface area contributed by atoms with Crippen molar-refractivity contribution in [1.82, 2.24) is 5.32 Å². The van der Waals surface area contributed by atoms with Crippen molar-refractivity contribution < 1.29 is 4.79 Å². The van der Waals surface area contributed by atoms with Crippen LogP contribution in [0.5, 0.6) is 0 Å². The molecule has 2 rings (SSSR count). The number of amides is 1. The van der Waals surface area contributed by atoms with E-state index in [2.05, 4.69) is 21.2 Å². The Bertz CT molecular complexity index is 539. The van der Waals surface area contributed by atoms with Gasteiger partial charge in [-0.2, -0.15) is 0 Å². The maximum absolute atomic E-state index is 11.8. The average molecular weight is 311 g/mol. The van der Waals surface area contributed by atoms with Crippen LogP contribution in [0, 0.1) is 0 Å². The fraction of sp³-hybridized carbons (Fsp3) is 0.0833. The molecule has 17 heavy (non-hydrogen) atoms. The van der Waals surface area contributed by atoms with Crippen molar-refractivity contribution in [1.29, 1.82) is 0 Å². The van der Waals surface area contributed by atoms with Gasteiger partial charge in [-0.25, -0.2) is 0 Å². The zero-order valence-electron chi connectivity index (χ0n) is 8.94. The lowest BCUT2D eigenvalue weighted by Crippen LogP contribution is -2.22. The molecule has 0 aliphatic rings. The largest absolute Gasteiger partial charge is 0.399 e. The number of benzene rings is 1. The molecular weight excluding hydrogens is 300 g/mol. The number of anilines is 1. The summed E-state index contributed by atoms with van der Waals surface area (Å²) in [6.07, 6.45) is 0. The molecule has 3 N–H and O–H groups in total. The summed E-state index contributed by atoms with van der Waals surface area (Å²) in [5, 5.41) is 4.73. The molecule has 5 heteroatoms. The van der Waals surface area contributed by atoms with Crippen molar-refractivity contribution in [3.8, 4) is 0 Å². The molecule has 0 bridgehead atoms. The zero-order valence-corrected chi connectivity index (χ0v) is 11.3. The molecule has 1 heterocycles. The predicted molar refractivity (Wildman–Crippen MR) is 74.0 cm³/mol. The van der Waals surface area contributed by atoms with Crippen LogP contribution in [0.1, 0.15) is 15.2 Å². The molecule has 88 valence electrons. The van der Waals surface area contributed by atoms with Crippen LogP contribution < -0.4 is 11.1 Å². The van der Waals surface area contributed by atoms with Gasteiger partial charge in [-0.1, -0.05) is 12.1 Å². The fourth-order valence-corrected chi connectivity index (χ4v) is 2.89. The Morgan fingerprint density at radius 2 is 2.24 bits per heavy atom. The number of carbonyl (C=O) groups is 1. The van der Waals surface area contributed by atoms with Crippen LogP contribution in [0.15, 0.2) is 40.2 Å². The molecule has 0 aliphatic carbocycles. The predicted octanol–water partition coefficient (Wildman–Crippen LogP) is 3.02. The first-order valence-corrected chi connectivity index (χ1v) is 6.69. The van der Waals surface area contributed by atoms with Crippen molar-refractivity contribution in [2.24, 2.45) is 0 Å². The van der Waals surface area contributed by atoms with Crippen LogP contribution >= 0.6 is 27.3 Å². The Hall–Kier alpha value is -1.33. The van der Waals surface area contributed by atoms with Crippen LogP contribution in [0.3, 0.4) is 0 Å². The topological polar surface area (TPSA) is 55.1 Å². The summed E-state index contributed by atoms with van der Waals surface area (Å²) < 4.78 is 0.826. The van der Waals surface area contributed by atoms with Crippen LogP contribution in [0.4, 0.5) is 5.69 Å². The minimum absolute atomic E-state index is 0.0747. The fourth-order valence-electron chi connectivity index (χ4n) is 1.42. The summed E-state index contributed by atoms with van der Waals surface area (Å²) in [7, 11) is 0. The molecule has 2 aromatic rings. The Morgan fingerprint density at radius 1 is 1.41 bits per heavy atom. The van der Waals surface area contributed by atoms with Crippen LogP contribution in [0.25, 0.3) is 0 Å². The standard InChI is InChI=1S/C12H11BrN2OS/c13-10-4-5-17-11(10)12(16)15-7-8-2-1-3-9(14)6-8/h1-6H,7,14H2,(H,15,16). The number of rotatable bonds is 3. The molecule has 0 saturated carbocycles. The number of thiophene rings is 1. The maximum Gasteiger partial charge on any atom is 0.262 e. The molecule has 1 aromatic heterocycles. The van der Waals surface area contributed by atoms with Gasteiger partial charge in [0, 0.05) is 16.7 Å². The summed E-state index contributed by atoms with van der Waals surface area (Å²) >= 11 is 4.75. The molecule has 0 atom stereocenters. The van der Waals surface area contributed by atoms with Crippen molar-refractivity contribution in [3.05, 3.63) is 50.6 Å². The molecule has 0 spiro atoms. The number of nitrogens with one attached hydrogen (secondary N) is 1. The van der Waals surface area contributed by atoms with Crippen LogP contribution in [-0.2, 0) is 6.54 Å². The van der Waals surface area contributed by atoms with E-state index < -0.39 is 0 Å². The molecule has 0 fully saturated rings. The first-order chi connectivity index (χ1) is 8.16. The third-order valence-corrected chi connectivity index (χ3v) is 4.06. The quantitative estimate of drug-likeness (QED) is 0.856.